The van der Waals surface area contributed by atoms with Gasteiger partial charge in [0.2, 0.25) is 11.9 Å². The van der Waals surface area contributed by atoms with E-state index in [-0.39, 0.29) is 18.3 Å². The van der Waals surface area contributed by atoms with Crippen LogP contribution in [0.4, 0.5) is 5.95 Å². The van der Waals surface area contributed by atoms with Crippen LogP contribution in [0.5, 0.6) is 0 Å². The van der Waals surface area contributed by atoms with Crippen LogP contribution in [0.3, 0.4) is 0 Å². The molecular formula is C15H12ClN5O. The smallest absolute Gasteiger partial charge is 0.249 e. The lowest BCUT2D eigenvalue weighted by Gasteiger charge is -2.01. The Labute approximate surface area is 131 Å². The summed E-state index contributed by atoms with van der Waals surface area (Å²) < 4.78 is 0. The molecule has 0 radical (unpaired) electrons. The van der Waals surface area contributed by atoms with Crippen LogP contribution in [-0.2, 0) is 11.2 Å². The molecule has 0 unspecified atom stereocenters. The molecule has 1 amide bonds. The van der Waals surface area contributed by atoms with E-state index < -0.39 is 0 Å². The number of carbonyl (C=O) groups is 1. The van der Waals surface area contributed by atoms with Crippen LogP contribution < -0.4 is 5.32 Å². The summed E-state index contributed by atoms with van der Waals surface area (Å²) in [6.07, 6.45) is 3.56. The van der Waals surface area contributed by atoms with Gasteiger partial charge in [-0.2, -0.15) is 4.98 Å². The molecule has 1 aromatic carbocycles. The number of carbonyl (C=O) groups excluding carboxylic acids is 1. The van der Waals surface area contributed by atoms with E-state index in [2.05, 4.69) is 25.5 Å². The third kappa shape index (κ3) is 3.48. The van der Waals surface area contributed by atoms with Crippen molar-refractivity contribution in [3.63, 3.8) is 0 Å². The first kappa shape index (κ1) is 14.2. The fourth-order valence-corrected chi connectivity index (χ4v) is 2.04. The van der Waals surface area contributed by atoms with Gasteiger partial charge in [0.15, 0.2) is 5.82 Å². The van der Waals surface area contributed by atoms with E-state index in [4.69, 9.17) is 11.6 Å². The minimum Gasteiger partial charge on any atom is -0.293 e. The number of pyridine rings is 1. The van der Waals surface area contributed by atoms with E-state index in [9.17, 15) is 4.79 Å². The van der Waals surface area contributed by atoms with Gasteiger partial charge in [-0.15, -0.1) is 5.10 Å². The molecule has 3 aromatic rings. The van der Waals surface area contributed by atoms with Crippen molar-refractivity contribution in [3.8, 4) is 11.4 Å². The minimum absolute atomic E-state index is 0.192. The second-order valence-corrected chi connectivity index (χ2v) is 5.03. The van der Waals surface area contributed by atoms with Crippen molar-refractivity contribution in [3.05, 3.63) is 59.4 Å². The van der Waals surface area contributed by atoms with Gasteiger partial charge in [-0.3, -0.25) is 20.2 Å². The zero-order valence-electron chi connectivity index (χ0n) is 11.5. The predicted molar refractivity (Wildman–Crippen MR) is 83.4 cm³/mol. The van der Waals surface area contributed by atoms with E-state index in [1.165, 1.54) is 0 Å². The topological polar surface area (TPSA) is 83.6 Å². The molecule has 2 heterocycles. The molecule has 0 spiro atoms. The lowest BCUT2D eigenvalue weighted by molar-refractivity contribution is -0.115. The molecule has 0 aliphatic carbocycles. The number of rotatable bonds is 4. The molecule has 0 fully saturated rings. The number of halogens is 1. The highest BCUT2D eigenvalue weighted by molar-refractivity contribution is 6.30. The monoisotopic (exact) mass is 313 g/mol. The highest BCUT2D eigenvalue weighted by Gasteiger charge is 2.09. The van der Waals surface area contributed by atoms with E-state index in [0.717, 1.165) is 11.1 Å². The van der Waals surface area contributed by atoms with E-state index in [1.807, 2.05) is 12.1 Å². The summed E-state index contributed by atoms with van der Waals surface area (Å²) in [5.74, 6) is 0.623. The molecule has 3 rings (SSSR count). The zero-order chi connectivity index (χ0) is 15.4. The fraction of sp³-hybridized carbons (Fsp3) is 0.0667. The molecule has 22 heavy (non-hydrogen) atoms. The lowest BCUT2D eigenvalue weighted by Crippen LogP contribution is -2.15. The van der Waals surface area contributed by atoms with Crippen LogP contribution in [-0.4, -0.2) is 26.1 Å². The van der Waals surface area contributed by atoms with Crippen molar-refractivity contribution in [1.29, 1.82) is 0 Å². The van der Waals surface area contributed by atoms with E-state index in [1.54, 1.807) is 36.7 Å². The minimum atomic E-state index is -0.192. The molecule has 7 heteroatoms. The van der Waals surface area contributed by atoms with Crippen LogP contribution in [0.15, 0.2) is 48.8 Å². The van der Waals surface area contributed by atoms with Gasteiger partial charge in [-0.1, -0.05) is 23.7 Å². The molecule has 0 atom stereocenters. The van der Waals surface area contributed by atoms with Crippen molar-refractivity contribution >= 4 is 23.5 Å². The third-order valence-corrected chi connectivity index (χ3v) is 3.22. The molecule has 6 nitrogen and oxygen atoms in total. The molecule has 2 aromatic heterocycles. The van der Waals surface area contributed by atoms with Crippen LogP contribution in [0.2, 0.25) is 5.02 Å². The molecular weight excluding hydrogens is 302 g/mol. The first-order chi connectivity index (χ1) is 10.7. The number of amides is 1. The number of anilines is 1. The van der Waals surface area contributed by atoms with Gasteiger partial charge in [-0.25, -0.2) is 0 Å². The van der Waals surface area contributed by atoms with Gasteiger partial charge in [0.05, 0.1) is 6.42 Å². The first-order valence-corrected chi connectivity index (χ1v) is 6.95. The number of H-pyrrole nitrogens is 1. The summed E-state index contributed by atoms with van der Waals surface area (Å²) >= 11 is 5.81. The summed E-state index contributed by atoms with van der Waals surface area (Å²) in [6, 6.07) is 10.7. The Hall–Kier alpha value is -2.73. The maximum Gasteiger partial charge on any atom is 0.249 e. The van der Waals surface area contributed by atoms with Gasteiger partial charge >= 0.3 is 0 Å². The lowest BCUT2D eigenvalue weighted by atomic mass is 10.1. The Balaban J connectivity index is 1.65. The van der Waals surface area contributed by atoms with Crippen molar-refractivity contribution in [2.45, 2.75) is 6.42 Å². The maximum atomic E-state index is 12.0. The molecule has 0 saturated heterocycles. The normalized spacial score (nSPS) is 10.4. The predicted octanol–water partition coefficient (Wildman–Crippen LogP) is 2.70. The van der Waals surface area contributed by atoms with Crippen molar-refractivity contribution < 1.29 is 4.79 Å². The standard InChI is InChI=1S/C15H12ClN5O/c16-12-3-1-10(2-4-12)9-13(22)18-15-19-14(20-21-15)11-5-7-17-8-6-11/h1-8H,9H2,(H2,18,19,20,21,22). The molecule has 0 aliphatic heterocycles. The number of aromatic nitrogens is 4. The summed E-state index contributed by atoms with van der Waals surface area (Å²) in [7, 11) is 0. The second-order valence-electron chi connectivity index (χ2n) is 4.59. The Bertz CT molecular complexity index is 770. The van der Waals surface area contributed by atoms with Crippen LogP contribution >= 0.6 is 11.6 Å². The largest absolute Gasteiger partial charge is 0.293 e. The van der Waals surface area contributed by atoms with Gasteiger partial charge < -0.3 is 0 Å². The van der Waals surface area contributed by atoms with E-state index >= 15 is 0 Å². The highest BCUT2D eigenvalue weighted by atomic mass is 35.5. The van der Waals surface area contributed by atoms with Crippen LogP contribution in [0, 0.1) is 0 Å². The zero-order valence-corrected chi connectivity index (χ0v) is 12.2. The molecule has 0 aliphatic rings. The maximum absolute atomic E-state index is 12.0. The summed E-state index contributed by atoms with van der Waals surface area (Å²) in [5.41, 5.74) is 1.72. The fourth-order valence-electron chi connectivity index (χ4n) is 1.91. The number of nitrogens with zero attached hydrogens (tertiary/aromatic N) is 3. The number of hydrogen-bond donors (Lipinski definition) is 2. The van der Waals surface area contributed by atoms with Crippen LogP contribution in [0.1, 0.15) is 5.56 Å². The number of benzene rings is 1. The Morgan fingerprint density at radius 3 is 2.59 bits per heavy atom. The molecule has 2 N–H and O–H groups in total. The Morgan fingerprint density at radius 2 is 1.86 bits per heavy atom. The van der Waals surface area contributed by atoms with Crippen molar-refractivity contribution in [1.82, 2.24) is 20.2 Å². The second kappa shape index (κ2) is 6.36. The number of aromatic amines is 1. The van der Waals surface area contributed by atoms with Gasteiger partial charge in [0.1, 0.15) is 0 Å². The molecule has 0 saturated carbocycles. The van der Waals surface area contributed by atoms with E-state index in [0.29, 0.717) is 10.8 Å². The summed E-state index contributed by atoms with van der Waals surface area (Å²) in [4.78, 5) is 20.1. The third-order valence-electron chi connectivity index (χ3n) is 2.97. The van der Waals surface area contributed by atoms with Crippen LogP contribution in [0.25, 0.3) is 11.4 Å². The van der Waals surface area contributed by atoms with Crippen molar-refractivity contribution in [2.75, 3.05) is 5.32 Å². The van der Waals surface area contributed by atoms with Crippen molar-refractivity contribution in [2.24, 2.45) is 0 Å². The molecule has 0 bridgehead atoms. The quantitative estimate of drug-likeness (QED) is 0.775. The average Bonchev–Trinajstić information content (AvgIpc) is 2.99. The summed E-state index contributed by atoms with van der Waals surface area (Å²) in [5, 5.41) is 10.0. The summed E-state index contributed by atoms with van der Waals surface area (Å²) in [6.45, 7) is 0. The Morgan fingerprint density at radius 1 is 1.14 bits per heavy atom. The van der Waals surface area contributed by atoms with Gasteiger partial charge in [0.25, 0.3) is 0 Å². The first-order valence-electron chi connectivity index (χ1n) is 6.58. The average molecular weight is 314 g/mol. The number of hydrogen-bond acceptors (Lipinski definition) is 4. The highest BCUT2D eigenvalue weighted by Crippen LogP contribution is 2.14. The number of nitrogens with one attached hydrogen (secondary N) is 2. The Kier molecular flexibility index (Phi) is 4.11. The molecule has 110 valence electrons. The van der Waals surface area contributed by atoms with Gasteiger partial charge in [-0.05, 0) is 29.8 Å². The SMILES string of the molecule is O=C(Cc1ccc(Cl)cc1)Nc1n[nH]c(-c2ccncc2)n1. The van der Waals surface area contributed by atoms with Gasteiger partial charge in [0, 0.05) is 23.0 Å².